The van der Waals surface area contributed by atoms with E-state index < -0.39 is 0 Å². The topological polar surface area (TPSA) is 9.23 Å². The quantitative estimate of drug-likeness (QED) is 0.413. The molecule has 1 heterocycles. The van der Waals surface area contributed by atoms with Gasteiger partial charge in [0.05, 0.1) is 7.11 Å². The first-order valence-electron chi connectivity index (χ1n) is 6.35. The van der Waals surface area contributed by atoms with E-state index in [-0.39, 0.29) is 0 Å². The van der Waals surface area contributed by atoms with E-state index in [1.165, 1.54) is 30.9 Å². The Hall–Kier alpha value is -1.58. The van der Waals surface area contributed by atoms with Crippen LogP contribution in [-0.4, -0.2) is 7.11 Å². The SMILES string of the molecule is COc1ccc2c(c1)sc1cc3c(Br)cccc3cc12. The van der Waals surface area contributed by atoms with Crippen LogP contribution in [0.2, 0.25) is 0 Å². The second kappa shape index (κ2) is 4.47. The highest BCUT2D eigenvalue weighted by molar-refractivity contribution is 9.10. The van der Waals surface area contributed by atoms with Gasteiger partial charge in [-0.15, -0.1) is 11.3 Å². The van der Waals surface area contributed by atoms with Crippen LogP contribution >= 0.6 is 27.3 Å². The summed E-state index contributed by atoms with van der Waals surface area (Å²) in [6, 6.07) is 17.2. The highest BCUT2D eigenvalue weighted by Crippen LogP contribution is 2.39. The van der Waals surface area contributed by atoms with E-state index in [1.807, 2.05) is 17.4 Å². The lowest BCUT2D eigenvalue weighted by Gasteiger charge is -2.01. The molecule has 0 fully saturated rings. The number of halogens is 1. The summed E-state index contributed by atoms with van der Waals surface area (Å²) >= 11 is 5.45. The Bertz CT molecular complexity index is 955. The Labute approximate surface area is 128 Å². The van der Waals surface area contributed by atoms with Crippen molar-refractivity contribution < 1.29 is 4.74 Å². The highest BCUT2D eigenvalue weighted by atomic mass is 79.9. The van der Waals surface area contributed by atoms with Crippen LogP contribution in [0.15, 0.2) is 53.0 Å². The molecule has 0 aliphatic heterocycles. The Balaban J connectivity index is 2.15. The lowest BCUT2D eigenvalue weighted by Crippen LogP contribution is -1.80. The molecule has 98 valence electrons. The molecule has 0 N–H and O–H groups in total. The largest absolute Gasteiger partial charge is 0.497 e. The molecule has 3 aromatic carbocycles. The molecule has 4 aromatic rings. The van der Waals surface area contributed by atoms with Crippen LogP contribution in [-0.2, 0) is 0 Å². The summed E-state index contributed by atoms with van der Waals surface area (Å²) in [6.07, 6.45) is 0. The molecule has 1 aromatic heterocycles. The maximum absolute atomic E-state index is 5.31. The first kappa shape index (κ1) is 12.2. The number of rotatable bonds is 1. The van der Waals surface area contributed by atoms with Gasteiger partial charge in [0.1, 0.15) is 5.75 Å². The third kappa shape index (κ3) is 1.74. The second-order valence-corrected chi connectivity index (χ2v) is 6.71. The summed E-state index contributed by atoms with van der Waals surface area (Å²) in [7, 11) is 1.71. The number of benzene rings is 3. The molecule has 20 heavy (non-hydrogen) atoms. The van der Waals surface area contributed by atoms with Gasteiger partial charge in [-0.3, -0.25) is 0 Å². The van der Waals surface area contributed by atoms with Crippen molar-refractivity contribution >= 4 is 58.2 Å². The van der Waals surface area contributed by atoms with Gasteiger partial charge in [0, 0.05) is 24.6 Å². The van der Waals surface area contributed by atoms with Crippen LogP contribution in [0.5, 0.6) is 5.75 Å². The van der Waals surface area contributed by atoms with Crippen molar-refractivity contribution in [2.75, 3.05) is 7.11 Å². The number of thiophene rings is 1. The summed E-state index contributed by atoms with van der Waals surface area (Å²) < 4.78 is 9.04. The van der Waals surface area contributed by atoms with Crippen molar-refractivity contribution in [3.8, 4) is 5.75 Å². The summed E-state index contributed by atoms with van der Waals surface area (Å²) in [5.74, 6) is 0.912. The third-order valence-corrected chi connectivity index (χ3v) is 5.43. The number of ether oxygens (including phenoxy) is 1. The minimum absolute atomic E-state index is 0.912. The van der Waals surface area contributed by atoms with Gasteiger partial charge < -0.3 is 4.74 Å². The number of fused-ring (bicyclic) bond motifs is 4. The molecular formula is C17H11BrOS. The van der Waals surface area contributed by atoms with Crippen LogP contribution < -0.4 is 4.74 Å². The number of methoxy groups -OCH3 is 1. The molecule has 0 amide bonds. The van der Waals surface area contributed by atoms with Gasteiger partial charge in [0.2, 0.25) is 0 Å². The molecule has 3 heteroatoms. The molecule has 0 saturated carbocycles. The Morgan fingerprint density at radius 1 is 0.900 bits per heavy atom. The van der Waals surface area contributed by atoms with Crippen molar-refractivity contribution in [3.05, 3.63) is 53.0 Å². The zero-order valence-electron chi connectivity index (χ0n) is 10.8. The Morgan fingerprint density at radius 3 is 2.60 bits per heavy atom. The van der Waals surface area contributed by atoms with E-state index in [9.17, 15) is 0 Å². The van der Waals surface area contributed by atoms with Gasteiger partial charge >= 0.3 is 0 Å². The minimum atomic E-state index is 0.912. The van der Waals surface area contributed by atoms with Gasteiger partial charge in [0.25, 0.3) is 0 Å². The van der Waals surface area contributed by atoms with Gasteiger partial charge in [-0.05, 0) is 47.2 Å². The van der Waals surface area contributed by atoms with E-state index in [2.05, 4.69) is 58.4 Å². The fraction of sp³-hybridized carbons (Fsp3) is 0.0588. The molecule has 0 spiro atoms. The molecule has 0 radical (unpaired) electrons. The lowest BCUT2D eigenvalue weighted by atomic mass is 10.1. The van der Waals surface area contributed by atoms with Gasteiger partial charge in [0.15, 0.2) is 0 Å². The zero-order valence-corrected chi connectivity index (χ0v) is 13.2. The average Bonchev–Trinajstić information content (AvgIpc) is 2.82. The minimum Gasteiger partial charge on any atom is -0.497 e. The molecule has 0 bridgehead atoms. The molecule has 0 aliphatic rings. The van der Waals surface area contributed by atoms with E-state index in [0.717, 1.165) is 10.2 Å². The van der Waals surface area contributed by atoms with Crippen molar-refractivity contribution in [1.82, 2.24) is 0 Å². The van der Waals surface area contributed by atoms with Crippen molar-refractivity contribution in [2.45, 2.75) is 0 Å². The van der Waals surface area contributed by atoms with Crippen LogP contribution in [0.3, 0.4) is 0 Å². The zero-order chi connectivity index (χ0) is 13.7. The molecular weight excluding hydrogens is 332 g/mol. The smallest absolute Gasteiger partial charge is 0.120 e. The molecule has 0 atom stereocenters. The first-order chi connectivity index (χ1) is 9.76. The maximum Gasteiger partial charge on any atom is 0.120 e. The predicted octanol–water partition coefficient (Wildman–Crippen LogP) is 5.98. The number of hydrogen-bond donors (Lipinski definition) is 0. The maximum atomic E-state index is 5.31. The van der Waals surface area contributed by atoms with Crippen LogP contribution in [0.25, 0.3) is 30.9 Å². The predicted molar refractivity (Wildman–Crippen MR) is 91.1 cm³/mol. The van der Waals surface area contributed by atoms with Crippen molar-refractivity contribution in [2.24, 2.45) is 0 Å². The van der Waals surface area contributed by atoms with E-state index in [4.69, 9.17) is 4.74 Å². The standard InChI is InChI=1S/C17H11BrOS/c1-19-11-5-6-12-14-7-10-3-2-4-15(18)13(10)9-17(14)20-16(12)8-11/h2-9H,1H3. The summed E-state index contributed by atoms with van der Waals surface area (Å²) in [5.41, 5.74) is 0. The molecule has 0 saturated heterocycles. The average molecular weight is 343 g/mol. The normalized spacial score (nSPS) is 11.5. The number of hydrogen-bond acceptors (Lipinski definition) is 2. The van der Waals surface area contributed by atoms with Gasteiger partial charge in [-0.1, -0.05) is 28.1 Å². The third-order valence-electron chi connectivity index (χ3n) is 3.63. The van der Waals surface area contributed by atoms with Crippen LogP contribution in [0, 0.1) is 0 Å². The van der Waals surface area contributed by atoms with E-state index in [1.54, 1.807) is 7.11 Å². The van der Waals surface area contributed by atoms with Gasteiger partial charge in [-0.25, -0.2) is 0 Å². The van der Waals surface area contributed by atoms with Crippen LogP contribution in [0.4, 0.5) is 0 Å². The Morgan fingerprint density at radius 2 is 1.75 bits per heavy atom. The molecule has 0 aliphatic carbocycles. The van der Waals surface area contributed by atoms with Crippen molar-refractivity contribution in [3.63, 3.8) is 0 Å². The fourth-order valence-corrected chi connectivity index (χ4v) is 4.27. The Kier molecular flexibility index (Phi) is 2.72. The van der Waals surface area contributed by atoms with Crippen LogP contribution in [0.1, 0.15) is 0 Å². The highest BCUT2D eigenvalue weighted by Gasteiger charge is 2.08. The van der Waals surface area contributed by atoms with E-state index >= 15 is 0 Å². The van der Waals surface area contributed by atoms with Crippen molar-refractivity contribution in [1.29, 1.82) is 0 Å². The molecule has 1 nitrogen and oxygen atoms in total. The summed E-state index contributed by atoms with van der Waals surface area (Å²) in [5, 5.41) is 5.15. The second-order valence-electron chi connectivity index (χ2n) is 4.77. The first-order valence-corrected chi connectivity index (χ1v) is 7.96. The van der Waals surface area contributed by atoms with Gasteiger partial charge in [-0.2, -0.15) is 0 Å². The summed E-state index contributed by atoms with van der Waals surface area (Å²) in [4.78, 5) is 0. The molecule has 4 rings (SSSR count). The fourth-order valence-electron chi connectivity index (χ4n) is 2.62. The summed E-state index contributed by atoms with van der Waals surface area (Å²) in [6.45, 7) is 0. The van der Waals surface area contributed by atoms with E-state index in [0.29, 0.717) is 0 Å². The lowest BCUT2D eigenvalue weighted by molar-refractivity contribution is 0.415. The molecule has 0 unspecified atom stereocenters. The monoisotopic (exact) mass is 342 g/mol.